The van der Waals surface area contributed by atoms with Crippen molar-refractivity contribution in [2.45, 2.75) is 51.5 Å². The standard InChI is InChI=1S/C26H30F3N5O3/c1-2-3-4-22-25(36)31(14-19-7-11-21(29)12-8-19)15-23-33(22)24(35)16-32(17-27)34(23)26(37)30-13-18-5-9-20(28)10-6-18/h5-12,22-23H,2-4,13-17H2,1H3,(H,30,37)/t22-,23-/m0/s1. The summed E-state index contributed by atoms with van der Waals surface area (Å²) in [6.45, 7) is 0.690. The summed E-state index contributed by atoms with van der Waals surface area (Å²) in [7, 11) is 0. The van der Waals surface area contributed by atoms with E-state index < -0.39 is 42.6 Å². The van der Waals surface area contributed by atoms with Gasteiger partial charge >= 0.3 is 6.03 Å². The van der Waals surface area contributed by atoms with Crippen LogP contribution in [0, 0.1) is 11.6 Å². The highest BCUT2D eigenvalue weighted by Gasteiger charge is 2.51. The number of rotatable bonds is 8. The van der Waals surface area contributed by atoms with E-state index in [0.29, 0.717) is 24.0 Å². The van der Waals surface area contributed by atoms with Crippen LogP contribution in [-0.2, 0) is 22.7 Å². The van der Waals surface area contributed by atoms with Crippen molar-refractivity contribution in [3.63, 3.8) is 0 Å². The van der Waals surface area contributed by atoms with Crippen molar-refractivity contribution in [2.75, 3.05) is 19.9 Å². The number of hydrogen-bond acceptors (Lipinski definition) is 4. The molecule has 0 bridgehead atoms. The lowest BCUT2D eigenvalue weighted by molar-refractivity contribution is -0.195. The molecule has 11 heteroatoms. The van der Waals surface area contributed by atoms with Gasteiger partial charge in [-0.15, -0.1) is 0 Å². The zero-order chi connectivity index (χ0) is 26.5. The number of piperazine rings is 1. The SMILES string of the molecule is CCCC[C@H]1C(=O)N(Cc2ccc(F)cc2)C[C@H]2N1C(=O)CN(CF)N2C(=O)NCc1ccc(F)cc1. The molecular formula is C26H30F3N5O3. The van der Waals surface area contributed by atoms with Crippen LogP contribution in [0.25, 0.3) is 0 Å². The monoisotopic (exact) mass is 517 g/mol. The summed E-state index contributed by atoms with van der Waals surface area (Å²) in [6.07, 6.45) is 0.955. The van der Waals surface area contributed by atoms with Gasteiger partial charge in [0.2, 0.25) is 11.8 Å². The number of hydrazine groups is 1. The van der Waals surface area contributed by atoms with Crippen molar-refractivity contribution >= 4 is 17.8 Å². The van der Waals surface area contributed by atoms with Gasteiger partial charge < -0.3 is 15.1 Å². The van der Waals surface area contributed by atoms with E-state index in [9.17, 15) is 27.6 Å². The number of nitrogens with one attached hydrogen (secondary N) is 1. The second-order valence-corrected chi connectivity index (χ2v) is 9.20. The Morgan fingerprint density at radius 3 is 2.22 bits per heavy atom. The number of halogens is 3. The number of fused-ring (bicyclic) bond motifs is 1. The molecule has 0 radical (unpaired) electrons. The van der Waals surface area contributed by atoms with E-state index in [1.165, 1.54) is 46.2 Å². The molecule has 2 saturated heterocycles. The van der Waals surface area contributed by atoms with Crippen LogP contribution in [0.4, 0.5) is 18.0 Å². The number of alkyl halides is 1. The first-order chi connectivity index (χ1) is 17.8. The van der Waals surface area contributed by atoms with Crippen LogP contribution in [0.15, 0.2) is 48.5 Å². The van der Waals surface area contributed by atoms with Gasteiger partial charge in [0.05, 0.1) is 6.54 Å². The number of nitrogens with zero attached hydrogens (tertiary/aromatic N) is 4. The molecule has 4 amide bonds. The zero-order valence-electron chi connectivity index (χ0n) is 20.6. The molecule has 2 fully saturated rings. The number of carbonyl (C=O) groups is 3. The maximum Gasteiger partial charge on any atom is 0.334 e. The molecule has 2 aromatic rings. The molecule has 2 atom stereocenters. The third-order valence-electron chi connectivity index (χ3n) is 6.65. The molecule has 2 aliphatic rings. The second-order valence-electron chi connectivity index (χ2n) is 9.20. The van der Waals surface area contributed by atoms with E-state index >= 15 is 0 Å². The molecule has 4 rings (SSSR count). The lowest BCUT2D eigenvalue weighted by Gasteiger charge is -2.54. The highest BCUT2D eigenvalue weighted by atomic mass is 19.1. The fraction of sp³-hybridized carbons (Fsp3) is 0.423. The molecule has 0 aliphatic carbocycles. The minimum atomic E-state index is -1.08. The first-order valence-corrected chi connectivity index (χ1v) is 12.3. The number of benzene rings is 2. The average molecular weight is 518 g/mol. The summed E-state index contributed by atoms with van der Waals surface area (Å²) in [5, 5.41) is 4.89. The van der Waals surface area contributed by atoms with Gasteiger partial charge in [0.25, 0.3) is 0 Å². The Morgan fingerprint density at radius 2 is 1.62 bits per heavy atom. The van der Waals surface area contributed by atoms with Crippen LogP contribution in [0.1, 0.15) is 37.3 Å². The quantitative estimate of drug-likeness (QED) is 0.545. The highest BCUT2D eigenvalue weighted by molar-refractivity contribution is 5.91. The fourth-order valence-corrected chi connectivity index (χ4v) is 4.79. The minimum absolute atomic E-state index is 0.0367. The van der Waals surface area contributed by atoms with E-state index in [-0.39, 0.29) is 32.1 Å². The van der Waals surface area contributed by atoms with Gasteiger partial charge in [-0.1, -0.05) is 44.0 Å². The molecule has 1 N–H and O–H groups in total. The fourth-order valence-electron chi connectivity index (χ4n) is 4.79. The molecule has 2 aromatic carbocycles. The Kier molecular flexibility index (Phi) is 8.32. The van der Waals surface area contributed by atoms with Gasteiger partial charge in [-0.05, 0) is 41.8 Å². The van der Waals surface area contributed by atoms with E-state index in [1.54, 1.807) is 12.1 Å². The van der Waals surface area contributed by atoms with Gasteiger partial charge in [0, 0.05) is 13.1 Å². The van der Waals surface area contributed by atoms with E-state index in [4.69, 9.17) is 0 Å². The van der Waals surface area contributed by atoms with Crippen LogP contribution in [0.3, 0.4) is 0 Å². The predicted molar refractivity (Wildman–Crippen MR) is 129 cm³/mol. The summed E-state index contributed by atoms with van der Waals surface area (Å²) in [6, 6.07) is 9.90. The van der Waals surface area contributed by atoms with Crippen LogP contribution in [0.2, 0.25) is 0 Å². The molecule has 0 unspecified atom stereocenters. The van der Waals surface area contributed by atoms with Crippen molar-refractivity contribution in [3.8, 4) is 0 Å². The van der Waals surface area contributed by atoms with E-state index in [2.05, 4.69) is 5.32 Å². The number of hydrogen-bond donors (Lipinski definition) is 1. The van der Waals surface area contributed by atoms with E-state index in [1.807, 2.05) is 6.92 Å². The molecule has 0 spiro atoms. The summed E-state index contributed by atoms with van der Waals surface area (Å²) < 4.78 is 40.7. The molecule has 0 aromatic heterocycles. The predicted octanol–water partition coefficient (Wildman–Crippen LogP) is 3.39. The van der Waals surface area contributed by atoms with Gasteiger partial charge in [0.15, 0.2) is 6.80 Å². The largest absolute Gasteiger partial charge is 0.334 e. The molecule has 8 nitrogen and oxygen atoms in total. The van der Waals surface area contributed by atoms with Crippen molar-refractivity contribution in [1.29, 1.82) is 0 Å². The van der Waals surface area contributed by atoms with Crippen LogP contribution >= 0.6 is 0 Å². The summed E-state index contributed by atoms with van der Waals surface area (Å²) in [4.78, 5) is 42.9. The Labute approximate surface area is 213 Å². The van der Waals surface area contributed by atoms with Gasteiger partial charge in [-0.3, -0.25) is 9.59 Å². The third kappa shape index (κ3) is 5.87. The minimum Gasteiger partial charge on any atom is -0.333 e. The smallest absolute Gasteiger partial charge is 0.333 e. The Hall–Kier alpha value is -3.60. The molecule has 2 heterocycles. The summed E-state index contributed by atoms with van der Waals surface area (Å²) in [5.41, 5.74) is 1.33. The van der Waals surface area contributed by atoms with Gasteiger partial charge in [-0.25, -0.2) is 23.0 Å². The maximum atomic E-state index is 14.1. The maximum absolute atomic E-state index is 14.1. The number of urea groups is 1. The number of carbonyl (C=O) groups excluding carboxylic acids is 3. The van der Waals surface area contributed by atoms with Crippen molar-refractivity contribution < 1.29 is 27.6 Å². The van der Waals surface area contributed by atoms with Crippen molar-refractivity contribution in [2.24, 2.45) is 0 Å². The molecule has 37 heavy (non-hydrogen) atoms. The lowest BCUT2D eigenvalue weighted by Crippen LogP contribution is -2.76. The third-order valence-corrected chi connectivity index (χ3v) is 6.65. The van der Waals surface area contributed by atoms with Crippen molar-refractivity contribution in [3.05, 3.63) is 71.3 Å². The molecule has 2 aliphatic heterocycles. The molecule has 198 valence electrons. The lowest BCUT2D eigenvalue weighted by atomic mass is 10.0. The number of unbranched alkanes of at least 4 members (excludes halogenated alkanes) is 1. The van der Waals surface area contributed by atoms with Gasteiger partial charge in [0.1, 0.15) is 30.4 Å². The molecular weight excluding hydrogens is 487 g/mol. The van der Waals surface area contributed by atoms with Gasteiger partial charge in [-0.2, -0.15) is 5.01 Å². The first kappa shape index (κ1) is 26.5. The Bertz CT molecular complexity index is 1120. The molecule has 0 saturated carbocycles. The van der Waals surface area contributed by atoms with Crippen molar-refractivity contribution in [1.82, 2.24) is 25.1 Å². The van der Waals surface area contributed by atoms with Crippen LogP contribution in [-0.4, -0.2) is 69.8 Å². The van der Waals surface area contributed by atoms with Crippen LogP contribution < -0.4 is 5.32 Å². The topological polar surface area (TPSA) is 76.2 Å². The first-order valence-electron chi connectivity index (χ1n) is 12.3. The summed E-state index contributed by atoms with van der Waals surface area (Å²) in [5.74, 6) is -1.50. The Morgan fingerprint density at radius 1 is 1.00 bits per heavy atom. The second kappa shape index (κ2) is 11.6. The van der Waals surface area contributed by atoms with E-state index in [0.717, 1.165) is 16.4 Å². The highest BCUT2D eigenvalue weighted by Crippen LogP contribution is 2.29. The normalized spacial score (nSPS) is 20.3. The Balaban J connectivity index is 1.61. The summed E-state index contributed by atoms with van der Waals surface area (Å²) >= 11 is 0. The zero-order valence-corrected chi connectivity index (χ0v) is 20.6. The number of amides is 4. The van der Waals surface area contributed by atoms with Crippen LogP contribution in [0.5, 0.6) is 0 Å². The average Bonchev–Trinajstić information content (AvgIpc) is 2.89.